The van der Waals surface area contributed by atoms with Crippen LogP contribution in [0.3, 0.4) is 0 Å². The van der Waals surface area contributed by atoms with Crippen molar-refractivity contribution in [3.63, 3.8) is 0 Å². The van der Waals surface area contributed by atoms with Crippen LogP contribution in [0.1, 0.15) is 43.2 Å². The van der Waals surface area contributed by atoms with Crippen LogP contribution < -0.4 is 0 Å². The summed E-state index contributed by atoms with van der Waals surface area (Å²) >= 11 is 0. The van der Waals surface area contributed by atoms with E-state index in [-0.39, 0.29) is 19.2 Å². The third-order valence-corrected chi connectivity index (χ3v) is 6.18. The van der Waals surface area contributed by atoms with E-state index in [9.17, 15) is 19.5 Å². The molecule has 2 aromatic carbocycles. The van der Waals surface area contributed by atoms with E-state index in [0.29, 0.717) is 0 Å². The first-order chi connectivity index (χ1) is 15.5. The van der Waals surface area contributed by atoms with Crippen molar-refractivity contribution in [1.29, 1.82) is 0 Å². The van der Waals surface area contributed by atoms with Crippen molar-refractivity contribution in [3.05, 3.63) is 71.8 Å². The van der Waals surface area contributed by atoms with Crippen molar-refractivity contribution < 1.29 is 24.2 Å². The summed E-state index contributed by atoms with van der Waals surface area (Å²) in [6.45, 7) is 0.244. The number of carboxylic acids is 1. The predicted molar refractivity (Wildman–Crippen MR) is 118 cm³/mol. The van der Waals surface area contributed by atoms with E-state index < -0.39 is 30.1 Å². The number of rotatable bonds is 7. The number of hydrogen-bond acceptors (Lipinski definition) is 4. The fourth-order valence-corrected chi connectivity index (χ4v) is 4.58. The van der Waals surface area contributed by atoms with Crippen LogP contribution in [0.5, 0.6) is 0 Å². The molecule has 2 aliphatic rings. The number of urea groups is 1. The Kier molecular flexibility index (Phi) is 6.73. The largest absolute Gasteiger partial charge is 0.480 e. The summed E-state index contributed by atoms with van der Waals surface area (Å²) in [7, 11) is 0. The molecule has 4 rings (SSSR count). The molecule has 0 bridgehead atoms. The quantitative estimate of drug-likeness (QED) is 0.667. The van der Waals surface area contributed by atoms with Crippen molar-refractivity contribution >= 4 is 18.0 Å². The molecule has 0 aromatic heterocycles. The third-order valence-electron chi connectivity index (χ3n) is 6.18. The number of esters is 1. The highest BCUT2D eigenvalue weighted by Gasteiger charge is 2.54. The number of benzene rings is 2. The van der Waals surface area contributed by atoms with Crippen LogP contribution >= 0.6 is 0 Å². The maximum Gasteiger partial charge on any atom is 0.332 e. The van der Waals surface area contributed by atoms with Gasteiger partial charge in [-0.05, 0) is 36.8 Å². The highest BCUT2D eigenvalue weighted by molar-refractivity contribution is 5.96. The van der Waals surface area contributed by atoms with Crippen molar-refractivity contribution in [2.75, 3.05) is 0 Å². The molecule has 168 valence electrons. The number of nitrogens with zero attached hydrogens (tertiary/aromatic N) is 2. The van der Waals surface area contributed by atoms with E-state index >= 15 is 0 Å². The second-order valence-corrected chi connectivity index (χ2v) is 8.43. The zero-order chi connectivity index (χ0) is 22.5. The summed E-state index contributed by atoms with van der Waals surface area (Å²) in [4.78, 5) is 41.6. The first-order valence-electron chi connectivity index (χ1n) is 11.1. The SMILES string of the molecule is O=C(O)[C@@H]1[C@H](C(=O)OC2CCCCC2)N(Cc2ccccc2)C(=O)N1Cc1ccccc1. The van der Waals surface area contributed by atoms with Gasteiger partial charge in [-0.3, -0.25) is 0 Å². The molecule has 1 N–H and O–H groups in total. The lowest BCUT2D eigenvalue weighted by Crippen LogP contribution is -2.49. The molecule has 1 saturated carbocycles. The molecule has 7 heteroatoms. The molecular weight excluding hydrogens is 408 g/mol. The number of hydrogen-bond donors (Lipinski definition) is 1. The fraction of sp³-hybridized carbons (Fsp3) is 0.400. The Bertz CT molecular complexity index is 943. The maximum absolute atomic E-state index is 13.4. The molecule has 32 heavy (non-hydrogen) atoms. The van der Waals surface area contributed by atoms with E-state index in [0.717, 1.165) is 43.2 Å². The third kappa shape index (κ3) is 4.77. The molecule has 1 aliphatic heterocycles. The summed E-state index contributed by atoms with van der Waals surface area (Å²) in [5, 5.41) is 10.1. The molecule has 2 amide bonds. The minimum Gasteiger partial charge on any atom is -0.480 e. The Hall–Kier alpha value is -3.35. The van der Waals surface area contributed by atoms with Crippen molar-refractivity contribution in [3.8, 4) is 0 Å². The number of carbonyl (C=O) groups excluding carboxylic acids is 2. The van der Waals surface area contributed by atoms with Gasteiger partial charge in [0.25, 0.3) is 0 Å². The van der Waals surface area contributed by atoms with Crippen LogP contribution in [0.15, 0.2) is 60.7 Å². The number of amides is 2. The van der Waals surface area contributed by atoms with Crippen LogP contribution in [-0.4, -0.2) is 51.1 Å². The van der Waals surface area contributed by atoms with E-state index in [1.54, 1.807) is 0 Å². The molecule has 1 heterocycles. The molecule has 1 aliphatic carbocycles. The average Bonchev–Trinajstić information content (AvgIpc) is 3.07. The zero-order valence-corrected chi connectivity index (χ0v) is 17.9. The smallest absolute Gasteiger partial charge is 0.332 e. The van der Waals surface area contributed by atoms with Gasteiger partial charge in [0.05, 0.1) is 0 Å². The highest BCUT2D eigenvalue weighted by Crippen LogP contribution is 2.30. The first kappa shape index (κ1) is 21.9. The van der Waals surface area contributed by atoms with Gasteiger partial charge in [-0.1, -0.05) is 67.1 Å². The zero-order valence-electron chi connectivity index (χ0n) is 17.9. The monoisotopic (exact) mass is 436 g/mol. The highest BCUT2D eigenvalue weighted by atomic mass is 16.5. The number of carbonyl (C=O) groups is 3. The topological polar surface area (TPSA) is 87.1 Å². The lowest BCUT2D eigenvalue weighted by Gasteiger charge is -2.28. The Morgan fingerprint density at radius 3 is 1.81 bits per heavy atom. The molecule has 7 nitrogen and oxygen atoms in total. The van der Waals surface area contributed by atoms with E-state index in [1.807, 2.05) is 60.7 Å². The van der Waals surface area contributed by atoms with Crippen LogP contribution in [0, 0.1) is 0 Å². The minimum atomic E-state index is -1.32. The van der Waals surface area contributed by atoms with Gasteiger partial charge in [-0.15, -0.1) is 0 Å². The van der Waals surface area contributed by atoms with Crippen LogP contribution in [0.4, 0.5) is 4.79 Å². The van der Waals surface area contributed by atoms with Crippen LogP contribution in [-0.2, 0) is 27.4 Å². The van der Waals surface area contributed by atoms with Crippen molar-refractivity contribution in [2.24, 2.45) is 0 Å². The molecule has 2 aromatic rings. The van der Waals surface area contributed by atoms with Gasteiger partial charge in [0.1, 0.15) is 6.10 Å². The molecule has 1 saturated heterocycles. The van der Waals surface area contributed by atoms with Gasteiger partial charge >= 0.3 is 18.0 Å². The van der Waals surface area contributed by atoms with Crippen LogP contribution in [0.25, 0.3) is 0 Å². The predicted octanol–water partition coefficient (Wildman–Crippen LogP) is 3.82. The fourth-order valence-electron chi connectivity index (χ4n) is 4.58. The normalized spacial score (nSPS) is 21.6. The maximum atomic E-state index is 13.4. The Morgan fingerprint density at radius 2 is 1.31 bits per heavy atom. The Labute approximate surface area is 187 Å². The van der Waals surface area contributed by atoms with Gasteiger partial charge in [-0.2, -0.15) is 0 Å². The van der Waals surface area contributed by atoms with E-state index in [1.165, 1.54) is 9.80 Å². The molecule has 2 fully saturated rings. The summed E-state index contributed by atoms with van der Waals surface area (Å²) in [6, 6.07) is 15.5. The van der Waals surface area contributed by atoms with E-state index in [2.05, 4.69) is 0 Å². The summed E-state index contributed by atoms with van der Waals surface area (Å²) in [5.41, 5.74) is 1.62. The standard InChI is InChI=1S/C25H28N2O5/c28-23(29)21-22(24(30)32-20-14-8-3-9-15-20)27(17-19-12-6-2-7-13-19)25(31)26(21)16-18-10-4-1-5-11-18/h1-2,4-7,10-13,20-22H,3,8-9,14-17H2,(H,28,29)/t21-,22+/m0/s1. The van der Waals surface area contributed by atoms with Gasteiger partial charge < -0.3 is 19.6 Å². The summed E-state index contributed by atoms with van der Waals surface area (Å²) in [6.07, 6.45) is 4.41. The lowest BCUT2D eigenvalue weighted by molar-refractivity contribution is -0.160. The van der Waals surface area contributed by atoms with Crippen molar-refractivity contribution in [2.45, 2.75) is 63.4 Å². The summed E-state index contributed by atoms with van der Waals surface area (Å²) < 4.78 is 5.75. The number of aliphatic carboxylic acids is 1. The minimum absolute atomic E-state index is 0.106. The molecule has 0 radical (unpaired) electrons. The van der Waals surface area contributed by atoms with E-state index in [4.69, 9.17) is 4.74 Å². The number of carboxylic acid groups (broad SMARTS) is 1. The van der Waals surface area contributed by atoms with Gasteiger partial charge in [-0.25, -0.2) is 14.4 Å². The second-order valence-electron chi connectivity index (χ2n) is 8.43. The molecule has 2 atom stereocenters. The van der Waals surface area contributed by atoms with Crippen LogP contribution in [0.2, 0.25) is 0 Å². The Morgan fingerprint density at radius 1 is 0.812 bits per heavy atom. The summed E-state index contributed by atoms with van der Waals surface area (Å²) in [5.74, 6) is -1.85. The van der Waals surface area contributed by atoms with Gasteiger partial charge in [0.2, 0.25) is 0 Å². The lowest BCUT2D eigenvalue weighted by atomic mass is 9.97. The molecular formula is C25H28N2O5. The average molecular weight is 437 g/mol. The van der Waals surface area contributed by atoms with Gasteiger partial charge in [0.15, 0.2) is 12.1 Å². The van der Waals surface area contributed by atoms with Gasteiger partial charge in [0, 0.05) is 13.1 Å². The Balaban J connectivity index is 1.64. The molecule has 0 unspecified atom stereocenters. The first-order valence-corrected chi connectivity index (χ1v) is 11.1. The van der Waals surface area contributed by atoms with Crippen molar-refractivity contribution in [1.82, 2.24) is 9.80 Å². The second kappa shape index (κ2) is 9.85. The molecule has 0 spiro atoms. The number of ether oxygens (including phenoxy) is 1.